The third-order valence-corrected chi connectivity index (χ3v) is 6.29. The molecule has 0 aliphatic heterocycles. The molecule has 1 saturated carbocycles. The molecule has 0 amide bonds. The third-order valence-electron chi connectivity index (χ3n) is 4.46. The van der Waals surface area contributed by atoms with Crippen molar-refractivity contribution in [2.75, 3.05) is 5.75 Å². The van der Waals surface area contributed by atoms with E-state index in [9.17, 15) is 8.42 Å². The molecule has 0 spiro atoms. The van der Waals surface area contributed by atoms with E-state index in [0.29, 0.717) is 10.8 Å². The summed E-state index contributed by atoms with van der Waals surface area (Å²) in [5.41, 5.74) is 3.29. The van der Waals surface area contributed by atoms with E-state index < -0.39 is 9.84 Å². The second-order valence-electron chi connectivity index (χ2n) is 6.27. The summed E-state index contributed by atoms with van der Waals surface area (Å²) in [4.78, 5) is 0.415. The van der Waals surface area contributed by atoms with E-state index in [1.54, 1.807) is 12.1 Å². The van der Waals surface area contributed by atoms with Crippen molar-refractivity contribution in [3.8, 4) is 0 Å². The maximum absolute atomic E-state index is 12.6. The maximum atomic E-state index is 12.6. The highest BCUT2D eigenvalue weighted by Crippen LogP contribution is 2.37. The summed E-state index contributed by atoms with van der Waals surface area (Å²) in [6.07, 6.45) is 2.82. The van der Waals surface area contributed by atoms with E-state index in [-0.39, 0.29) is 11.7 Å². The van der Waals surface area contributed by atoms with E-state index in [0.717, 1.165) is 36.0 Å². The second-order valence-corrected chi connectivity index (χ2v) is 8.30. The van der Waals surface area contributed by atoms with Crippen molar-refractivity contribution in [3.63, 3.8) is 0 Å². The van der Waals surface area contributed by atoms with Crippen LogP contribution in [0.4, 0.5) is 0 Å². The van der Waals surface area contributed by atoms with Gasteiger partial charge in [0.2, 0.25) is 0 Å². The van der Waals surface area contributed by atoms with Crippen LogP contribution in [0.3, 0.4) is 0 Å². The van der Waals surface area contributed by atoms with Crippen LogP contribution in [0.15, 0.2) is 53.5 Å². The standard InChI is InChI=1S/C18H24O2S/c1-13(2)16-8-7-15(4)17(11-16)12-21(19,20)18-9-5-14(3)6-10-18/h5-6,9-10,16-17H,1,4,7-8,11-12H2,2-3H3/t16-,17-/m0/s1. The summed E-state index contributed by atoms with van der Waals surface area (Å²) in [7, 11) is -3.25. The van der Waals surface area contributed by atoms with E-state index in [1.165, 1.54) is 0 Å². The first kappa shape index (κ1) is 16.0. The van der Waals surface area contributed by atoms with Gasteiger partial charge in [-0.25, -0.2) is 8.42 Å². The fourth-order valence-corrected chi connectivity index (χ4v) is 4.58. The first-order valence-electron chi connectivity index (χ1n) is 7.42. The molecule has 2 atom stereocenters. The minimum atomic E-state index is -3.25. The summed E-state index contributed by atoms with van der Waals surface area (Å²) in [5.74, 6) is 0.638. The minimum Gasteiger partial charge on any atom is -0.224 e. The van der Waals surface area contributed by atoms with Gasteiger partial charge in [-0.15, -0.1) is 0 Å². The van der Waals surface area contributed by atoms with E-state index >= 15 is 0 Å². The van der Waals surface area contributed by atoms with E-state index in [4.69, 9.17) is 0 Å². The lowest BCUT2D eigenvalue weighted by Crippen LogP contribution is -2.25. The first-order valence-corrected chi connectivity index (χ1v) is 9.07. The van der Waals surface area contributed by atoms with Gasteiger partial charge in [0.15, 0.2) is 9.84 Å². The summed E-state index contributed by atoms with van der Waals surface area (Å²) >= 11 is 0. The Bertz CT molecular complexity index is 638. The second kappa shape index (κ2) is 6.18. The number of sulfone groups is 1. The van der Waals surface area contributed by atoms with Gasteiger partial charge in [0, 0.05) is 0 Å². The van der Waals surface area contributed by atoms with Crippen LogP contribution in [0, 0.1) is 18.8 Å². The van der Waals surface area contributed by atoms with Crippen LogP contribution in [0.2, 0.25) is 0 Å². The molecule has 0 radical (unpaired) electrons. The number of rotatable bonds is 4. The van der Waals surface area contributed by atoms with Crippen LogP contribution in [-0.4, -0.2) is 14.2 Å². The molecule has 2 nitrogen and oxygen atoms in total. The van der Waals surface area contributed by atoms with Gasteiger partial charge >= 0.3 is 0 Å². The topological polar surface area (TPSA) is 34.1 Å². The molecule has 1 aromatic rings. The molecule has 2 rings (SSSR count). The molecule has 21 heavy (non-hydrogen) atoms. The Kier molecular flexibility index (Phi) is 4.72. The zero-order valence-electron chi connectivity index (χ0n) is 12.9. The minimum absolute atomic E-state index is 0.0479. The Balaban J connectivity index is 2.16. The number of allylic oxidation sites excluding steroid dienone is 2. The Morgan fingerprint density at radius 2 is 1.90 bits per heavy atom. The average Bonchev–Trinajstić information content (AvgIpc) is 2.41. The summed E-state index contributed by atoms with van der Waals surface area (Å²) < 4.78 is 25.1. The van der Waals surface area contributed by atoms with Gasteiger partial charge in [-0.2, -0.15) is 0 Å². The Hall–Kier alpha value is -1.35. The molecule has 0 aromatic heterocycles. The van der Waals surface area contributed by atoms with Crippen molar-refractivity contribution in [2.45, 2.75) is 38.0 Å². The van der Waals surface area contributed by atoms with Crippen LogP contribution in [0.5, 0.6) is 0 Å². The van der Waals surface area contributed by atoms with Crippen molar-refractivity contribution in [2.24, 2.45) is 11.8 Å². The SMILES string of the molecule is C=C(C)[C@H]1CCC(=C)[C@H](CS(=O)(=O)c2ccc(C)cc2)C1. The highest BCUT2D eigenvalue weighted by molar-refractivity contribution is 7.91. The first-order chi connectivity index (χ1) is 9.79. The van der Waals surface area contributed by atoms with E-state index in [2.05, 4.69) is 13.2 Å². The van der Waals surface area contributed by atoms with Gasteiger partial charge in [-0.1, -0.05) is 42.0 Å². The lowest BCUT2D eigenvalue weighted by molar-refractivity contribution is 0.389. The van der Waals surface area contributed by atoms with Crippen LogP contribution in [0.25, 0.3) is 0 Å². The Labute approximate surface area is 128 Å². The average molecular weight is 304 g/mol. The van der Waals surface area contributed by atoms with Gasteiger partial charge in [0.1, 0.15) is 0 Å². The lowest BCUT2D eigenvalue weighted by atomic mass is 9.77. The fourth-order valence-electron chi connectivity index (χ4n) is 2.93. The molecule has 0 N–H and O–H groups in total. The monoisotopic (exact) mass is 304 g/mol. The van der Waals surface area contributed by atoms with Crippen LogP contribution in [0.1, 0.15) is 31.7 Å². The molecule has 1 aliphatic carbocycles. The van der Waals surface area contributed by atoms with Crippen molar-refractivity contribution >= 4 is 9.84 Å². The van der Waals surface area contributed by atoms with Crippen LogP contribution in [-0.2, 0) is 9.84 Å². The molecule has 0 saturated heterocycles. The molecular weight excluding hydrogens is 280 g/mol. The molecule has 0 heterocycles. The zero-order valence-corrected chi connectivity index (χ0v) is 13.7. The Morgan fingerprint density at radius 3 is 2.48 bits per heavy atom. The van der Waals surface area contributed by atoms with Crippen molar-refractivity contribution in [1.29, 1.82) is 0 Å². The predicted molar refractivity (Wildman–Crippen MR) is 88.0 cm³/mol. The predicted octanol–water partition coefficient (Wildman–Crippen LogP) is 4.32. The number of aryl methyl sites for hydroxylation is 1. The highest BCUT2D eigenvalue weighted by Gasteiger charge is 2.29. The molecular formula is C18H24O2S. The van der Waals surface area contributed by atoms with Crippen molar-refractivity contribution in [3.05, 3.63) is 54.1 Å². The lowest BCUT2D eigenvalue weighted by Gasteiger charge is -2.31. The summed E-state index contributed by atoms with van der Waals surface area (Å²) in [6.45, 7) is 12.1. The number of benzene rings is 1. The molecule has 3 heteroatoms. The maximum Gasteiger partial charge on any atom is 0.178 e. The van der Waals surface area contributed by atoms with Crippen LogP contribution < -0.4 is 0 Å². The van der Waals surface area contributed by atoms with Gasteiger partial charge in [0.25, 0.3) is 0 Å². The molecule has 1 aliphatic rings. The largest absolute Gasteiger partial charge is 0.224 e. The third kappa shape index (κ3) is 3.85. The quantitative estimate of drug-likeness (QED) is 0.776. The van der Waals surface area contributed by atoms with Gasteiger partial charge in [-0.05, 0) is 57.1 Å². The Morgan fingerprint density at radius 1 is 1.29 bits per heavy atom. The fraction of sp³-hybridized carbons (Fsp3) is 0.444. The van der Waals surface area contributed by atoms with Crippen LogP contribution >= 0.6 is 0 Å². The number of hydrogen-bond acceptors (Lipinski definition) is 2. The smallest absolute Gasteiger partial charge is 0.178 e. The molecule has 0 unspecified atom stereocenters. The zero-order chi connectivity index (χ0) is 15.6. The van der Waals surface area contributed by atoms with Gasteiger partial charge in [0.05, 0.1) is 10.6 Å². The highest BCUT2D eigenvalue weighted by atomic mass is 32.2. The van der Waals surface area contributed by atoms with Gasteiger partial charge < -0.3 is 0 Å². The molecule has 0 bridgehead atoms. The van der Waals surface area contributed by atoms with Crippen molar-refractivity contribution < 1.29 is 8.42 Å². The van der Waals surface area contributed by atoms with E-state index in [1.807, 2.05) is 26.0 Å². The van der Waals surface area contributed by atoms with Gasteiger partial charge in [-0.3, -0.25) is 0 Å². The normalized spacial score (nSPS) is 23.0. The molecule has 1 aromatic carbocycles. The number of hydrogen-bond donors (Lipinski definition) is 0. The van der Waals surface area contributed by atoms with Crippen molar-refractivity contribution in [1.82, 2.24) is 0 Å². The summed E-state index contributed by atoms with van der Waals surface area (Å²) in [6, 6.07) is 7.09. The summed E-state index contributed by atoms with van der Waals surface area (Å²) in [5, 5.41) is 0. The molecule has 1 fully saturated rings. The molecule has 114 valence electrons.